The zero-order chi connectivity index (χ0) is 33.0. The number of nitrogens with one attached hydrogen (secondary N) is 2. The van der Waals surface area contributed by atoms with Crippen LogP contribution in [0.15, 0.2) is 79.6 Å². The van der Waals surface area contributed by atoms with Crippen LogP contribution in [0.25, 0.3) is 10.8 Å². The number of likely N-dealkylation sites (N-methyl/N-ethyl adjacent to an activating group) is 1. The van der Waals surface area contributed by atoms with E-state index in [4.69, 9.17) is 9.57 Å². The molecule has 0 aliphatic carbocycles. The number of benzene rings is 3. The normalized spacial score (nSPS) is 19.4. The van der Waals surface area contributed by atoms with Gasteiger partial charge in [-0.1, -0.05) is 49.0 Å². The standard InChI is InChI=1S/C37H44N8O3/c1-4-37(46)41-30-22-31(34(47-3)23-33(30)44-15-12-27(13-16-44)43-19-17-42(2)18-20-43)40-35-24-36(39-25-38-35)45-32(14-21-48-45)29-11-7-9-26-8-5-6-10-28(26)29/h4-11,22-25,27,32H,1,12-21H2,2-3H3,(H,41,46)(H,38,39,40). The van der Waals surface area contributed by atoms with E-state index in [1.165, 1.54) is 28.7 Å². The Morgan fingerprint density at radius 2 is 1.75 bits per heavy atom. The number of aromatic nitrogens is 2. The molecule has 1 atom stereocenters. The minimum Gasteiger partial charge on any atom is -0.494 e. The van der Waals surface area contributed by atoms with Crippen LogP contribution in [0.2, 0.25) is 0 Å². The van der Waals surface area contributed by atoms with Crippen LogP contribution in [0.1, 0.15) is 30.9 Å². The number of anilines is 5. The molecule has 11 heteroatoms. The number of ether oxygens (including phenoxy) is 1. The van der Waals surface area contributed by atoms with Crippen molar-refractivity contribution in [3.63, 3.8) is 0 Å². The van der Waals surface area contributed by atoms with E-state index in [9.17, 15) is 4.79 Å². The molecule has 3 aliphatic heterocycles. The van der Waals surface area contributed by atoms with Gasteiger partial charge in [0.15, 0.2) is 5.82 Å². The second kappa shape index (κ2) is 14.2. The topological polar surface area (TPSA) is 98.3 Å². The molecule has 0 bridgehead atoms. The number of fused-ring (bicyclic) bond motifs is 1. The molecule has 4 aromatic rings. The van der Waals surface area contributed by atoms with Crippen molar-refractivity contribution in [1.82, 2.24) is 19.8 Å². The van der Waals surface area contributed by atoms with Crippen molar-refractivity contribution in [3.8, 4) is 5.75 Å². The van der Waals surface area contributed by atoms with Crippen molar-refractivity contribution in [2.75, 3.05) is 80.6 Å². The van der Waals surface area contributed by atoms with Crippen molar-refractivity contribution in [2.24, 2.45) is 0 Å². The van der Waals surface area contributed by atoms with Crippen LogP contribution in [0.4, 0.5) is 28.7 Å². The summed E-state index contributed by atoms with van der Waals surface area (Å²) in [6.07, 6.45) is 5.81. The van der Waals surface area contributed by atoms with Gasteiger partial charge >= 0.3 is 0 Å². The summed E-state index contributed by atoms with van der Waals surface area (Å²) >= 11 is 0. The first kappa shape index (κ1) is 31.9. The van der Waals surface area contributed by atoms with E-state index < -0.39 is 0 Å². The van der Waals surface area contributed by atoms with Crippen molar-refractivity contribution in [1.29, 1.82) is 0 Å². The van der Waals surface area contributed by atoms with E-state index in [2.05, 4.69) is 91.4 Å². The third-order valence-electron chi connectivity index (χ3n) is 9.85. The van der Waals surface area contributed by atoms with E-state index in [1.807, 2.05) is 23.3 Å². The van der Waals surface area contributed by atoms with Crippen molar-refractivity contribution < 1.29 is 14.4 Å². The first-order chi connectivity index (χ1) is 23.5. The number of rotatable bonds is 9. The predicted molar refractivity (Wildman–Crippen MR) is 191 cm³/mol. The minimum absolute atomic E-state index is 0.00813. The lowest BCUT2D eigenvalue weighted by Crippen LogP contribution is -2.52. The smallest absolute Gasteiger partial charge is 0.247 e. The van der Waals surface area contributed by atoms with Crippen LogP contribution in [-0.2, 0) is 9.63 Å². The highest BCUT2D eigenvalue weighted by Crippen LogP contribution is 2.41. The number of methoxy groups -OCH3 is 1. The summed E-state index contributed by atoms with van der Waals surface area (Å²) in [5, 5.41) is 10.7. The lowest BCUT2D eigenvalue weighted by atomic mass is 9.97. The molecule has 250 valence electrons. The van der Waals surface area contributed by atoms with Gasteiger partial charge in [0.05, 0.1) is 36.8 Å². The van der Waals surface area contributed by atoms with Crippen LogP contribution in [0.5, 0.6) is 5.75 Å². The number of amides is 1. The summed E-state index contributed by atoms with van der Waals surface area (Å²) in [7, 11) is 3.85. The minimum atomic E-state index is -0.269. The Bertz CT molecular complexity index is 1760. The summed E-state index contributed by atoms with van der Waals surface area (Å²) < 4.78 is 5.89. The predicted octanol–water partition coefficient (Wildman–Crippen LogP) is 5.61. The van der Waals surface area contributed by atoms with Crippen LogP contribution >= 0.6 is 0 Å². The molecule has 3 saturated heterocycles. The van der Waals surface area contributed by atoms with Crippen LogP contribution in [0.3, 0.4) is 0 Å². The largest absolute Gasteiger partial charge is 0.494 e. The third kappa shape index (κ3) is 6.66. The van der Waals surface area contributed by atoms with E-state index in [1.54, 1.807) is 7.11 Å². The highest BCUT2D eigenvalue weighted by Gasteiger charge is 2.31. The molecule has 11 nitrogen and oxygen atoms in total. The molecule has 3 aliphatic rings. The molecule has 0 saturated carbocycles. The maximum Gasteiger partial charge on any atom is 0.247 e. The van der Waals surface area contributed by atoms with Crippen LogP contribution < -0.4 is 25.3 Å². The van der Waals surface area contributed by atoms with Gasteiger partial charge in [0, 0.05) is 63.9 Å². The molecular weight excluding hydrogens is 604 g/mol. The summed E-state index contributed by atoms with van der Waals surface area (Å²) in [5.41, 5.74) is 3.49. The van der Waals surface area contributed by atoms with Gasteiger partial charge in [0.1, 0.15) is 17.9 Å². The van der Waals surface area contributed by atoms with Crippen LogP contribution in [-0.4, -0.2) is 91.7 Å². The molecule has 4 heterocycles. The average molecular weight is 649 g/mol. The lowest BCUT2D eigenvalue weighted by Gasteiger charge is -2.43. The first-order valence-corrected chi connectivity index (χ1v) is 16.8. The summed E-state index contributed by atoms with van der Waals surface area (Å²) in [6, 6.07) is 21.2. The number of nitrogens with zero attached hydrogens (tertiary/aromatic N) is 6. The number of hydrogen-bond acceptors (Lipinski definition) is 10. The molecule has 1 aromatic heterocycles. The molecule has 0 radical (unpaired) electrons. The Labute approximate surface area is 282 Å². The fourth-order valence-corrected chi connectivity index (χ4v) is 7.23. The second-order valence-corrected chi connectivity index (χ2v) is 12.7. The summed E-state index contributed by atoms with van der Waals surface area (Å²) in [6.45, 7) is 10.5. The maximum atomic E-state index is 12.6. The molecule has 7 rings (SSSR count). The number of hydrogen-bond donors (Lipinski definition) is 2. The summed E-state index contributed by atoms with van der Waals surface area (Å²) in [5.74, 6) is 1.61. The Kier molecular flexibility index (Phi) is 9.42. The zero-order valence-electron chi connectivity index (χ0n) is 27.8. The zero-order valence-corrected chi connectivity index (χ0v) is 27.8. The number of piperidine rings is 1. The first-order valence-electron chi connectivity index (χ1n) is 16.8. The maximum absolute atomic E-state index is 12.6. The van der Waals surface area contributed by atoms with Crippen molar-refractivity contribution >= 4 is 45.4 Å². The highest BCUT2D eigenvalue weighted by atomic mass is 16.7. The molecule has 2 N–H and O–H groups in total. The van der Waals surface area contributed by atoms with Crippen molar-refractivity contribution in [3.05, 3.63) is 85.2 Å². The fourth-order valence-electron chi connectivity index (χ4n) is 7.23. The molecule has 3 aromatic carbocycles. The van der Waals surface area contributed by atoms with Gasteiger partial charge in [-0.2, -0.15) is 0 Å². The van der Waals surface area contributed by atoms with E-state index in [-0.39, 0.29) is 11.9 Å². The molecule has 1 unspecified atom stereocenters. The Morgan fingerprint density at radius 1 is 0.958 bits per heavy atom. The van der Waals surface area contributed by atoms with Gasteiger partial charge in [-0.05, 0) is 48.4 Å². The van der Waals surface area contributed by atoms with E-state index >= 15 is 0 Å². The summed E-state index contributed by atoms with van der Waals surface area (Å²) in [4.78, 5) is 35.2. The number of carbonyl (C=O) groups is 1. The van der Waals surface area contributed by atoms with Crippen LogP contribution in [0, 0.1) is 0 Å². The molecule has 3 fully saturated rings. The van der Waals surface area contributed by atoms with E-state index in [0.29, 0.717) is 41.4 Å². The van der Waals surface area contributed by atoms with Crippen molar-refractivity contribution in [2.45, 2.75) is 31.3 Å². The third-order valence-corrected chi connectivity index (χ3v) is 9.85. The number of piperazine rings is 1. The van der Waals surface area contributed by atoms with Gasteiger partial charge in [0.2, 0.25) is 5.91 Å². The second-order valence-electron chi connectivity index (χ2n) is 12.7. The fraction of sp³-hybridized carbons (Fsp3) is 0.378. The van der Waals surface area contributed by atoms with E-state index in [0.717, 1.165) is 64.2 Å². The highest BCUT2D eigenvalue weighted by molar-refractivity contribution is 6.02. The number of hydroxylamine groups is 1. The number of carbonyl (C=O) groups excluding carboxylic acids is 1. The SMILES string of the molecule is C=CC(=O)Nc1cc(Nc2cc(N3OCCC3c3cccc4ccccc34)ncn2)c(OC)cc1N1CCC(N2CCN(C)CC2)CC1. The van der Waals surface area contributed by atoms with Gasteiger partial charge in [-0.15, -0.1) is 0 Å². The molecular formula is C37H44N8O3. The Morgan fingerprint density at radius 3 is 2.54 bits per heavy atom. The van der Waals surface area contributed by atoms with Gasteiger partial charge in [-0.3, -0.25) is 14.5 Å². The monoisotopic (exact) mass is 648 g/mol. The average Bonchev–Trinajstić information content (AvgIpc) is 3.62. The van der Waals surface area contributed by atoms with Gasteiger partial charge < -0.3 is 25.2 Å². The van der Waals surface area contributed by atoms with Gasteiger partial charge in [0.25, 0.3) is 0 Å². The van der Waals surface area contributed by atoms with Gasteiger partial charge in [-0.25, -0.2) is 15.0 Å². The lowest BCUT2D eigenvalue weighted by molar-refractivity contribution is -0.111. The molecule has 1 amide bonds. The Balaban J connectivity index is 1.13. The molecule has 0 spiro atoms. The Hall–Kier alpha value is -4.71. The molecule has 48 heavy (non-hydrogen) atoms. The quantitative estimate of drug-likeness (QED) is 0.223.